The molecule has 0 aliphatic carbocycles. The summed E-state index contributed by atoms with van der Waals surface area (Å²) < 4.78 is 26.7. The largest absolute Gasteiger partial charge is 0.550 e. The average Bonchev–Trinajstić information content (AvgIpc) is 2.70. The molecule has 0 amide bonds. The van der Waals surface area contributed by atoms with Crippen LogP contribution in [-0.2, 0) is 21.2 Å². The molecule has 1 aliphatic heterocycles. The molecule has 0 saturated carbocycles. The van der Waals surface area contributed by atoms with Gasteiger partial charge in [0, 0.05) is 30.2 Å². The Morgan fingerprint density at radius 1 is 1.40 bits per heavy atom. The van der Waals surface area contributed by atoms with E-state index in [-0.39, 0.29) is 10.6 Å². The molecule has 6 nitrogen and oxygen atoms in total. The van der Waals surface area contributed by atoms with Crippen LogP contribution in [0.2, 0.25) is 0 Å². The molecule has 0 bridgehead atoms. The summed E-state index contributed by atoms with van der Waals surface area (Å²) in [6.45, 7) is 2.78. The highest BCUT2D eigenvalue weighted by molar-refractivity contribution is 7.91. The van der Waals surface area contributed by atoms with Crippen molar-refractivity contribution in [3.8, 4) is 0 Å². The molecule has 112 valence electrons. The molecule has 1 fully saturated rings. The van der Waals surface area contributed by atoms with Gasteiger partial charge in [-0.1, -0.05) is 0 Å². The number of thiophene rings is 1. The summed E-state index contributed by atoms with van der Waals surface area (Å²) in [5.41, 5.74) is 0. The summed E-state index contributed by atoms with van der Waals surface area (Å²) in [7, 11) is -1.44. The van der Waals surface area contributed by atoms with Crippen LogP contribution in [0.15, 0.2) is 16.3 Å². The normalized spacial score (nSPS) is 21.6. The first-order valence-electron chi connectivity index (χ1n) is 6.49. The first kappa shape index (κ1) is 15.4. The molecule has 1 atom stereocenters. The van der Waals surface area contributed by atoms with Crippen molar-refractivity contribution in [2.45, 2.75) is 17.1 Å². The standard InChI is InChI=1S/C12H18N2O4S2/c1-13-5-2-6-14(8-7-13)20(17,18)12-4-3-10(19-12)9-11(15)16/h3-4H,2,5-9H2,1H3,(H,15,16). The van der Waals surface area contributed by atoms with Gasteiger partial charge in [0.1, 0.15) is 4.21 Å². The van der Waals surface area contributed by atoms with Gasteiger partial charge >= 0.3 is 0 Å². The second-order valence-corrected chi connectivity index (χ2v) is 8.32. The molecule has 1 unspecified atom stereocenters. The van der Waals surface area contributed by atoms with Crippen molar-refractivity contribution in [3.63, 3.8) is 0 Å². The Balaban J connectivity index is 2.16. The van der Waals surface area contributed by atoms with Crippen LogP contribution in [0.1, 0.15) is 11.3 Å². The van der Waals surface area contributed by atoms with E-state index in [4.69, 9.17) is 0 Å². The van der Waals surface area contributed by atoms with Gasteiger partial charge in [-0.2, -0.15) is 4.31 Å². The summed E-state index contributed by atoms with van der Waals surface area (Å²) in [6, 6.07) is 3.03. The van der Waals surface area contributed by atoms with Gasteiger partial charge in [0.25, 0.3) is 10.0 Å². The number of hydrogen-bond donors (Lipinski definition) is 1. The van der Waals surface area contributed by atoms with E-state index >= 15 is 0 Å². The maximum atomic E-state index is 12.5. The van der Waals surface area contributed by atoms with E-state index in [0.29, 0.717) is 18.0 Å². The molecule has 2 rings (SSSR count). The summed E-state index contributed by atoms with van der Waals surface area (Å²) in [4.78, 5) is 12.4. The van der Waals surface area contributed by atoms with E-state index in [1.54, 1.807) is 6.07 Å². The van der Waals surface area contributed by atoms with Crippen LogP contribution in [-0.4, -0.2) is 51.9 Å². The molecule has 0 radical (unpaired) electrons. The second kappa shape index (κ2) is 6.21. The Hall–Kier alpha value is -0.960. The number of rotatable bonds is 4. The molecule has 0 spiro atoms. The highest BCUT2D eigenvalue weighted by Gasteiger charge is 2.28. The molecule has 1 aromatic rings. The Morgan fingerprint density at radius 2 is 2.15 bits per heavy atom. The Morgan fingerprint density at radius 3 is 2.85 bits per heavy atom. The number of carboxylic acid groups (broad SMARTS) is 1. The van der Waals surface area contributed by atoms with Crippen LogP contribution in [0.3, 0.4) is 0 Å². The van der Waals surface area contributed by atoms with Crippen molar-refractivity contribution in [3.05, 3.63) is 17.0 Å². The molecular formula is C12H18N2O4S2. The maximum Gasteiger partial charge on any atom is 0.252 e. The zero-order valence-corrected chi connectivity index (χ0v) is 12.9. The third-order valence-electron chi connectivity index (χ3n) is 3.35. The Kier molecular flexibility index (Phi) is 4.79. The molecule has 0 aromatic carbocycles. The van der Waals surface area contributed by atoms with E-state index in [1.165, 1.54) is 15.3 Å². The fourth-order valence-electron chi connectivity index (χ4n) is 2.21. The molecule has 1 N–H and O–H groups in total. The van der Waals surface area contributed by atoms with Gasteiger partial charge < -0.3 is 14.8 Å². The fourth-order valence-corrected chi connectivity index (χ4v) is 5.19. The van der Waals surface area contributed by atoms with Crippen molar-refractivity contribution in [2.24, 2.45) is 0 Å². The smallest absolute Gasteiger partial charge is 0.252 e. The minimum Gasteiger partial charge on any atom is -0.550 e. The van der Waals surface area contributed by atoms with E-state index < -0.39 is 16.0 Å². The van der Waals surface area contributed by atoms with Gasteiger partial charge in [-0.05, 0) is 12.1 Å². The number of aliphatic carboxylic acids is 1. The number of nitrogens with zero attached hydrogens (tertiary/aromatic N) is 1. The molecular weight excluding hydrogens is 300 g/mol. The van der Waals surface area contributed by atoms with Crippen molar-refractivity contribution in [1.82, 2.24) is 4.31 Å². The monoisotopic (exact) mass is 318 g/mol. The lowest BCUT2D eigenvalue weighted by atomic mass is 10.3. The highest BCUT2D eigenvalue weighted by atomic mass is 32.2. The molecule has 20 heavy (non-hydrogen) atoms. The number of quaternary nitrogens is 1. The van der Waals surface area contributed by atoms with E-state index in [9.17, 15) is 18.3 Å². The third-order valence-corrected chi connectivity index (χ3v) is 6.80. The fraction of sp³-hybridized carbons (Fsp3) is 0.583. The minimum atomic E-state index is -3.50. The minimum absolute atomic E-state index is 0.216. The number of carbonyl (C=O) groups is 1. The predicted octanol–water partition coefficient (Wildman–Crippen LogP) is -2.05. The second-order valence-electron chi connectivity index (χ2n) is 4.98. The van der Waals surface area contributed by atoms with Crippen LogP contribution >= 0.6 is 11.3 Å². The predicted molar refractivity (Wildman–Crippen MR) is 73.0 cm³/mol. The molecule has 1 aliphatic rings. The zero-order valence-electron chi connectivity index (χ0n) is 11.3. The number of hydrogen-bond acceptors (Lipinski definition) is 5. The van der Waals surface area contributed by atoms with Crippen molar-refractivity contribution in [1.29, 1.82) is 0 Å². The lowest BCUT2D eigenvalue weighted by Gasteiger charge is -2.17. The first-order chi connectivity index (χ1) is 9.39. The quantitative estimate of drug-likeness (QED) is 0.693. The van der Waals surface area contributed by atoms with Gasteiger partial charge in [-0.25, -0.2) is 8.42 Å². The van der Waals surface area contributed by atoms with Gasteiger partial charge in [0.05, 0.1) is 26.7 Å². The average molecular weight is 318 g/mol. The van der Waals surface area contributed by atoms with Crippen molar-refractivity contribution >= 4 is 27.3 Å². The topological polar surface area (TPSA) is 82.0 Å². The number of carboxylic acids is 1. The molecule has 2 heterocycles. The highest BCUT2D eigenvalue weighted by Crippen LogP contribution is 2.25. The SMILES string of the molecule is C[NH+]1CCCN(S(=O)(=O)c2ccc(CC(=O)[O-])s2)CC1. The lowest BCUT2D eigenvalue weighted by Crippen LogP contribution is -3.09. The van der Waals surface area contributed by atoms with E-state index in [0.717, 1.165) is 30.8 Å². The van der Waals surface area contributed by atoms with Gasteiger partial charge in [-0.3, -0.25) is 0 Å². The van der Waals surface area contributed by atoms with Crippen molar-refractivity contribution in [2.75, 3.05) is 33.2 Å². The summed E-state index contributed by atoms with van der Waals surface area (Å²) >= 11 is 1.01. The maximum absolute atomic E-state index is 12.5. The van der Waals surface area contributed by atoms with Crippen LogP contribution in [0.4, 0.5) is 0 Å². The third kappa shape index (κ3) is 3.57. The van der Waals surface area contributed by atoms with Crippen LogP contribution in [0.25, 0.3) is 0 Å². The number of likely N-dealkylation sites (N-methyl/N-ethyl adjacent to an activating group) is 1. The van der Waals surface area contributed by atoms with Crippen LogP contribution < -0.4 is 10.0 Å². The summed E-state index contributed by atoms with van der Waals surface area (Å²) in [6.07, 6.45) is 0.593. The van der Waals surface area contributed by atoms with Gasteiger partial charge in [-0.15, -0.1) is 11.3 Å². The van der Waals surface area contributed by atoms with Crippen LogP contribution in [0.5, 0.6) is 0 Å². The van der Waals surface area contributed by atoms with Gasteiger partial charge in [0.15, 0.2) is 0 Å². The first-order valence-corrected chi connectivity index (χ1v) is 8.75. The summed E-state index contributed by atoms with van der Waals surface area (Å²) in [5.74, 6) is -1.20. The van der Waals surface area contributed by atoms with E-state index in [2.05, 4.69) is 7.05 Å². The molecule has 1 aromatic heterocycles. The van der Waals surface area contributed by atoms with E-state index in [1.807, 2.05) is 0 Å². The Labute approximate surface area is 122 Å². The lowest BCUT2D eigenvalue weighted by molar-refractivity contribution is -0.877. The van der Waals surface area contributed by atoms with Gasteiger partial charge in [0.2, 0.25) is 0 Å². The van der Waals surface area contributed by atoms with Crippen molar-refractivity contribution < 1.29 is 23.2 Å². The summed E-state index contributed by atoms with van der Waals surface area (Å²) in [5, 5.41) is 10.5. The number of sulfonamides is 1. The Bertz CT molecular complexity index is 582. The zero-order chi connectivity index (χ0) is 14.8. The number of nitrogens with one attached hydrogen (secondary N) is 1. The number of carbonyl (C=O) groups excluding carboxylic acids is 1. The molecule has 8 heteroatoms. The molecule has 1 saturated heterocycles. The van der Waals surface area contributed by atoms with Crippen LogP contribution in [0, 0.1) is 0 Å².